The van der Waals surface area contributed by atoms with Crippen LogP contribution in [0.5, 0.6) is 0 Å². The smallest absolute Gasteiger partial charge is 0.0297 e. The summed E-state index contributed by atoms with van der Waals surface area (Å²) in [6, 6.07) is 0. The molecule has 3 heterocycles. The molecule has 0 radical (unpaired) electrons. The standard InChI is InChI=1S/C9H15P/c1-7-2-9-3-8(1)5-10(4-7)6-9/h7-9H,1-6H2. The van der Waals surface area contributed by atoms with Gasteiger partial charge in [0.25, 0.3) is 0 Å². The Balaban J connectivity index is 1.90. The summed E-state index contributed by atoms with van der Waals surface area (Å²) in [6.07, 6.45) is 9.87. The van der Waals surface area contributed by atoms with Crippen LogP contribution in [-0.4, -0.2) is 18.5 Å². The molecule has 0 N–H and O–H groups in total. The molecule has 1 saturated carbocycles. The molecule has 0 nitrogen and oxygen atoms in total. The largest absolute Gasteiger partial charge is 0.106 e. The lowest BCUT2D eigenvalue weighted by atomic mass is 9.76. The second kappa shape index (κ2) is 1.97. The summed E-state index contributed by atoms with van der Waals surface area (Å²) < 4.78 is 0. The molecule has 1 heteroatoms. The second-order valence-corrected chi connectivity index (χ2v) is 6.96. The summed E-state index contributed by atoms with van der Waals surface area (Å²) in [4.78, 5) is 0. The third-order valence-electron chi connectivity index (χ3n) is 3.55. The van der Waals surface area contributed by atoms with E-state index in [1.807, 2.05) is 0 Å². The van der Waals surface area contributed by atoms with Crippen molar-refractivity contribution in [3.8, 4) is 0 Å². The fourth-order valence-corrected chi connectivity index (χ4v) is 7.00. The maximum atomic E-state index is 1.67. The first kappa shape index (κ1) is 6.00. The van der Waals surface area contributed by atoms with E-state index in [4.69, 9.17) is 0 Å². The van der Waals surface area contributed by atoms with Crippen LogP contribution in [0.15, 0.2) is 0 Å². The molecule has 56 valence electrons. The van der Waals surface area contributed by atoms with Gasteiger partial charge in [-0.3, -0.25) is 0 Å². The van der Waals surface area contributed by atoms with E-state index >= 15 is 0 Å². The molecule has 4 rings (SSSR count). The van der Waals surface area contributed by atoms with Gasteiger partial charge in [-0.25, -0.2) is 0 Å². The molecule has 3 saturated heterocycles. The molecule has 1 aliphatic carbocycles. The van der Waals surface area contributed by atoms with E-state index in [-0.39, 0.29) is 0 Å². The molecule has 0 aromatic carbocycles. The van der Waals surface area contributed by atoms with Gasteiger partial charge < -0.3 is 0 Å². The zero-order chi connectivity index (χ0) is 6.55. The molecule has 3 aliphatic heterocycles. The Morgan fingerprint density at radius 3 is 1.40 bits per heavy atom. The summed E-state index contributed by atoms with van der Waals surface area (Å²) in [6.45, 7) is 0. The molecule has 10 heavy (non-hydrogen) atoms. The van der Waals surface area contributed by atoms with Crippen molar-refractivity contribution in [3.63, 3.8) is 0 Å². The van der Waals surface area contributed by atoms with Crippen molar-refractivity contribution < 1.29 is 0 Å². The topological polar surface area (TPSA) is 0 Å². The molecule has 4 fully saturated rings. The van der Waals surface area contributed by atoms with Crippen molar-refractivity contribution in [3.05, 3.63) is 0 Å². The van der Waals surface area contributed by atoms with Crippen molar-refractivity contribution in [1.29, 1.82) is 0 Å². The first-order chi connectivity index (χ1) is 4.90. The van der Waals surface area contributed by atoms with E-state index in [0.29, 0.717) is 7.92 Å². The van der Waals surface area contributed by atoms with Crippen LogP contribution in [0, 0.1) is 17.8 Å². The summed E-state index contributed by atoms with van der Waals surface area (Å²) in [5.41, 5.74) is 0. The highest BCUT2D eigenvalue weighted by Gasteiger charge is 2.41. The van der Waals surface area contributed by atoms with Crippen LogP contribution in [0.1, 0.15) is 19.3 Å². The van der Waals surface area contributed by atoms with Crippen molar-refractivity contribution >= 4 is 7.92 Å². The van der Waals surface area contributed by atoms with Gasteiger partial charge in [-0.15, -0.1) is 7.92 Å². The van der Waals surface area contributed by atoms with Gasteiger partial charge in [0.2, 0.25) is 0 Å². The summed E-state index contributed by atoms with van der Waals surface area (Å²) >= 11 is 0. The monoisotopic (exact) mass is 154 g/mol. The van der Waals surface area contributed by atoms with Crippen LogP contribution in [0.4, 0.5) is 0 Å². The lowest BCUT2D eigenvalue weighted by Gasteiger charge is -2.49. The van der Waals surface area contributed by atoms with Crippen molar-refractivity contribution in [2.75, 3.05) is 18.5 Å². The zero-order valence-electron chi connectivity index (χ0n) is 6.42. The maximum absolute atomic E-state index is 1.67. The zero-order valence-corrected chi connectivity index (χ0v) is 7.32. The molecule has 0 amide bonds. The highest BCUT2D eigenvalue weighted by Crippen LogP contribution is 2.59. The Bertz CT molecular complexity index is 96.3. The third-order valence-corrected chi connectivity index (χ3v) is 6.65. The Hall–Kier alpha value is 0.430. The Morgan fingerprint density at radius 1 is 0.700 bits per heavy atom. The Morgan fingerprint density at radius 2 is 1.10 bits per heavy atom. The minimum atomic E-state index is 0.588. The maximum Gasteiger partial charge on any atom is -0.0297 e. The quantitative estimate of drug-likeness (QED) is 0.470. The van der Waals surface area contributed by atoms with Gasteiger partial charge in [0.1, 0.15) is 0 Å². The predicted octanol–water partition coefficient (Wildman–Crippen LogP) is 2.53. The van der Waals surface area contributed by atoms with E-state index in [1.165, 1.54) is 17.8 Å². The fraction of sp³-hybridized carbons (Fsp3) is 1.00. The van der Waals surface area contributed by atoms with Gasteiger partial charge in [-0.1, -0.05) is 0 Å². The van der Waals surface area contributed by atoms with Crippen LogP contribution in [0.25, 0.3) is 0 Å². The number of hydrogen-bond acceptors (Lipinski definition) is 0. The minimum Gasteiger partial charge on any atom is -0.106 e. The van der Waals surface area contributed by atoms with Gasteiger partial charge in [-0.2, -0.15) is 0 Å². The highest BCUT2D eigenvalue weighted by molar-refractivity contribution is 7.57. The molecular formula is C9H15P. The molecule has 0 aromatic heterocycles. The van der Waals surface area contributed by atoms with Crippen molar-refractivity contribution in [1.82, 2.24) is 0 Å². The Labute approximate surface area is 64.1 Å². The normalized spacial score (nSPS) is 57.6. The van der Waals surface area contributed by atoms with Crippen LogP contribution < -0.4 is 0 Å². The first-order valence-electron chi connectivity index (χ1n) is 4.62. The van der Waals surface area contributed by atoms with Gasteiger partial charge in [0, 0.05) is 0 Å². The lowest BCUT2D eigenvalue weighted by Crippen LogP contribution is -2.38. The van der Waals surface area contributed by atoms with Gasteiger partial charge in [0.05, 0.1) is 0 Å². The van der Waals surface area contributed by atoms with E-state index < -0.39 is 0 Å². The molecular weight excluding hydrogens is 139 g/mol. The molecule has 0 spiro atoms. The van der Waals surface area contributed by atoms with Crippen LogP contribution in [-0.2, 0) is 0 Å². The highest BCUT2D eigenvalue weighted by atomic mass is 31.1. The van der Waals surface area contributed by atoms with Gasteiger partial charge >= 0.3 is 0 Å². The number of hydrogen-bond donors (Lipinski definition) is 0. The van der Waals surface area contributed by atoms with E-state index in [0.717, 1.165) is 0 Å². The average molecular weight is 154 g/mol. The van der Waals surface area contributed by atoms with E-state index in [9.17, 15) is 0 Å². The van der Waals surface area contributed by atoms with E-state index in [1.54, 1.807) is 37.7 Å². The average Bonchev–Trinajstić information content (AvgIpc) is 1.82. The molecule has 0 unspecified atom stereocenters. The molecule has 0 atom stereocenters. The van der Waals surface area contributed by atoms with Crippen LogP contribution >= 0.6 is 7.92 Å². The predicted molar refractivity (Wildman–Crippen MR) is 45.8 cm³/mol. The van der Waals surface area contributed by atoms with Gasteiger partial charge in [-0.05, 0) is 55.5 Å². The van der Waals surface area contributed by atoms with Crippen LogP contribution in [0.3, 0.4) is 0 Å². The molecule has 0 aromatic rings. The minimum absolute atomic E-state index is 0.588. The second-order valence-electron chi connectivity index (χ2n) is 4.52. The summed E-state index contributed by atoms with van der Waals surface area (Å²) in [7, 11) is 0.588. The molecule has 4 aliphatic rings. The van der Waals surface area contributed by atoms with E-state index in [2.05, 4.69) is 0 Å². The Kier molecular flexibility index (Phi) is 1.18. The lowest BCUT2D eigenvalue weighted by molar-refractivity contribution is 0.212. The third kappa shape index (κ3) is 0.780. The summed E-state index contributed by atoms with van der Waals surface area (Å²) in [5.74, 6) is 3.62. The number of rotatable bonds is 0. The first-order valence-corrected chi connectivity index (χ1v) is 6.52. The van der Waals surface area contributed by atoms with Crippen molar-refractivity contribution in [2.45, 2.75) is 19.3 Å². The summed E-state index contributed by atoms with van der Waals surface area (Å²) in [5, 5.41) is 0. The van der Waals surface area contributed by atoms with Crippen LogP contribution in [0.2, 0.25) is 0 Å². The fourth-order valence-electron chi connectivity index (χ4n) is 3.47. The van der Waals surface area contributed by atoms with Crippen molar-refractivity contribution in [2.24, 2.45) is 17.8 Å². The van der Waals surface area contributed by atoms with Gasteiger partial charge in [0.15, 0.2) is 0 Å². The SMILES string of the molecule is C1C2CC3CC1CP(C2)C3. The molecule has 4 bridgehead atoms.